The molecule has 7 heteroatoms. The Morgan fingerprint density at radius 2 is 2.24 bits per heavy atom. The van der Waals surface area contributed by atoms with Crippen LogP contribution in [0.25, 0.3) is 0 Å². The molecule has 0 aromatic carbocycles. The minimum absolute atomic E-state index is 0.0847. The van der Waals surface area contributed by atoms with E-state index in [1.165, 1.54) is 35.7 Å². The lowest BCUT2D eigenvalue weighted by Crippen LogP contribution is -2.50. The smallest absolute Gasteiger partial charge is 0.263 e. The van der Waals surface area contributed by atoms with Crippen LogP contribution in [0.15, 0.2) is 4.90 Å². The van der Waals surface area contributed by atoms with Gasteiger partial charge in [-0.15, -0.1) is 23.1 Å². The predicted molar refractivity (Wildman–Crippen MR) is 90.7 cm³/mol. The van der Waals surface area contributed by atoms with E-state index < -0.39 is 0 Å². The third-order valence-electron chi connectivity index (χ3n) is 4.39. The van der Waals surface area contributed by atoms with Crippen molar-refractivity contribution in [2.75, 3.05) is 50.1 Å². The normalized spacial score (nSPS) is 22.4. The van der Waals surface area contributed by atoms with E-state index in [2.05, 4.69) is 15.1 Å². The average Bonchev–Trinajstić information content (AvgIpc) is 3.09. The Bertz CT molecular complexity index is 545. The summed E-state index contributed by atoms with van der Waals surface area (Å²) in [6, 6.07) is 0.667. The summed E-state index contributed by atoms with van der Waals surface area (Å²) in [5.41, 5.74) is 6.83. The van der Waals surface area contributed by atoms with Crippen LogP contribution < -0.4 is 16.0 Å². The molecular formula is C14H22N4OS2. The molecule has 2 saturated heterocycles. The molecular weight excluding hydrogens is 304 g/mol. The molecule has 3 rings (SSSR count). The molecule has 1 aromatic rings. The van der Waals surface area contributed by atoms with Crippen molar-refractivity contribution in [2.24, 2.45) is 0 Å². The predicted octanol–water partition coefficient (Wildman–Crippen LogP) is 1.70. The number of hydrogen-bond acceptors (Lipinski definition) is 6. The zero-order valence-corrected chi connectivity index (χ0v) is 14.1. The molecule has 3 N–H and O–H groups in total. The van der Waals surface area contributed by atoms with Crippen LogP contribution in [-0.2, 0) is 0 Å². The summed E-state index contributed by atoms with van der Waals surface area (Å²) < 4.78 is 0. The lowest BCUT2D eigenvalue weighted by atomic mass is 10.1. The second kappa shape index (κ2) is 6.06. The number of nitrogens with one attached hydrogen (secondary N) is 1. The molecule has 0 spiro atoms. The van der Waals surface area contributed by atoms with Gasteiger partial charge >= 0.3 is 0 Å². The van der Waals surface area contributed by atoms with E-state index in [0.717, 1.165) is 24.5 Å². The van der Waals surface area contributed by atoms with Gasteiger partial charge in [-0.25, -0.2) is 0 Å². The number of thioether (sulfide) groups is 1. The Morgan fingerprint density at radius 3 is 2.95 bits per heavy atom. The molecule has 2 aliphatic rings. The zero-order valence-electron chi connectivity index (χ0n) is 12.5. The molecule has 0 radical (unpaired) electrons. The number of fused-ring (bicyclic) bond motifs is 1. The molecule has 5 nitrogen and oxygen atoms in total. The summed E-state index contributed by atoms with van der Waals surface area (Å²) in [6.07, 6.45) is 4.62. The van der Waals surface area contributed by atoms with Gasteiger partial charge in [0.2, 0.25) is 0 Å². The Kier molecular flexibility index (Phi) is 4.33. The van der Waals surface area contributed by atoms with Gasteiger partial charge < -0.3 is 16.0 Å². The van der Waals surface area contributed by atoms with E-state index in [0.29, 0.717) is 16.6 Å². The lowest BCUT2D eigenvalue weighted by Gasteiger charge is -2.38. The fraction of sp³-hybridized carbons (Fsp3) is 0.643. The Hall–Kier alpha value is -0.920. The number of amides is 1. The van der Waals surface area contributed by atoms with Gasteiger partial charge in [-0.3, -0.25) is 9.69 Å². The van der Waals surface area contributed by atoms with Gasteiger partial charge in [-0.05, 0) is 25.6 Å². The second-order valence-corrected chi connectivity index (χ2v) is 7.36. The minimum atomic E-state index is -0.0847. The fourth-order valence-corrected chi connectivity index (χ4v) is 5.44. The third kappa shape index (κ3) is 2.62. The number of carbonyl (C=O) groups is 1. The Balaban J connectivity index is 1.89. The van der Waals surface area contributed by atoms with E-state index in [1.54, 1.807) is 18.8 Å². The van der Waals surface area contributed by atoms with E-state index in [1.807, 2.05) is 6.26 Å². The molecule has 116 valence electrons. The van der Waals surface area contributed by atoms with Crippen molar-refractivity contribution in [3.8, 4) is 0 Å². The largest absolute Gasteiger partial charge is 0.396 e. The van der Waals surface area contributed by atoms with Crippen molar-refractivity contribution in [1.29, 1.82) is 0 Å². The van der Waals surface area contributed by atoms with Crippen molar-refractivity contribution in [3.63, 3.8) is 0 Å². The first-order chi connectivity index (χ1) is 10.2. The van der Waals surface area contributed by atoms with E-state index in [9.17, 15) is 4.79 Å². The average molecular weight is 326 g/mol. The van der Waals surface area contributed by atoms with E-state index in [-0.39, 0.29) is 5.91 Å². The number of hydrogen-bond donors (Lipinski definition) is 2. The van der Waals surface area contributed by atoms with Crippen molar-refractivity contribution in [1.82, 2.24) is 10.2 Å². The highest BCUT2D eigenvalue weighted by Gasteiger charge is 2.33. The second-order valence-electron chi connectivity index (χ2n) is 5.54. The molecule has 0 bridgehead atoms. The van der Waals surface area contributed by atoms with Gasteiger partial charge in [0.1, 0.15) is 9.88 Å². The van der Waals surface area contributed by atoms with Gasteiger partial charge in [-0.1, -0.05) is 0 Å². The Labute approximate surface area is 133 Å². The first-order valence-electron chi connectivity index (χ1n) is 7.33. The van der Waals surface area contributed by atoms with Crippen LogP contribution in [0.4, 0.5) is 10.7 Å². The number of thiophene rings is 1. The topological polar surface area (TPSA) is 61.6 Å². The number of carbonyl (C=O) groups excluding carboxylic acids is 1. The molecule has 1 unspecified atom stereocenters. The molecule has 0 saturated carbocycles. The number of rotatable bonds is 3. The molecule has 3 heterocycles. The third-order valence-corrected chi connectivity index (χ3v) is 6.61. The van der Waals surface area contributed by atoms with E-state index in [4.69, 9.17) is 5.73 Å². The molecule has 2 fully saturated rings. The van der Waals surface area contributed by atoms with Crippen LogP contribution in [-0.4, -0.2) is 56.3 Å². The highest BCUT2D eigenvalue weighted by molar-refractivity contribution is 7.99. The lowest BCUT2D eigenvalue weighted by molar-refractivity contribution is 0.0968. The van der Waals surface area contributed by atoms with Gasteiger partial charge in [0.25, 0.3) is 5.91 Å². The molecule has 0 aliphatic carbocycles. The Morgan fingerprint density at radius 1 is 1.43 bits per heavy atom. The van der Waals surface area contributed by atoms with Gasteiger partial charge in [0.15, 0.2) is 0 Å². The highest BCUT2D eigenvalue weighted by Crippen LogP contribution is 2.44. The van der Waals surface area contributed by atoms with Gasteiger partial charge in [-0.2, -0.15) is 0 Å². The summed E-state index contributed by atoms with van der Waals surface area (Å²) >= 11 is 3.17. The SMILES string of the molecule is CNC(=O)c1sc(N2CCN3CCCC3C2)c(SC)c1N. The van der Waals surface area contributed by atoms with Gasteiger partial charge in [0, 0.05) is 32.7 Å². The number of piperazine rings is 1. The van der Waals surface area contributed by atoms with Crippen LogP contribution in [0.5, 0.6) is 0 Å². The van der Waals surface area contributed by atoms with Crippen molar-refractivity contribution in [3.05, 3.63) is 4.88 Å². The van der Waals surface area contributed by atoms with Crippen LogP contribution in [0.1, 0.15) is 22.5 Å². The zero-order chi connectivity index (χ0) is 15.0. The maximum absolute atomic E-state index is 12.0. The maximum atomic E-state index is 12.0. The molecule has 21 heavy (non-hydrogen) atoms. The summed E-state index contributed by atoms with van der Waals surface area (Å²) in [6.45, 7) is 4.44. The molecule has 1 atom stereocenters. The van der Waals surface area contributed by atoms with Crippen molar-refractivity contribution < 1.29 is 4.79 Å². The highest BCUT2D eigenvalue weighted by atomic mass is 32.2. The summed E-state index contributed by atoms with van der Waals surface area (Å²) in [7, 11) is 1.65. The first-order valence-corrected chi connectivity index (χ1v) is 9.37. The first kappa shape index (κ1) is 15.0. The van der Waals surface area contributed by atoms with Crippen LogP contribution >= 0.6 is 23.1 Å². The summed E-state index contributed by atoms with van der Waals surface area (Å²) in [5, 5.41) is 3.85. The standard InChI is InChI=1S/C14H22N4OS2/c1-16-13(19)11-10(15)12(20-2)14(21-11)18-7-6-17-5-3-4-9(17)8-18/h9H,3-8,15H2,1-2H3,(H,16,19). The van der Waals surface area contributed by atoms with Crippen molar-refractivity contribution >= 4 is 39.7 Å². The van der Waals surface area contributed by atoms with Gasteiger partial charge in [0.05, 0.1) is 10.6 Å². The molecule has 2 aliphatic heterocycles. The van der Waals surface area contributed by atoms with Crippen LogP contribution in [0, 0.1) is 0 Å². The van der Waals surface area contributed by atoms with E-state index >= 15 is 0 Å². The van der Waals surface area contributed by atoms with Crippen LogP contribution in [0.3, 0.4) is 0 Å². The molecule has 1 aromatic heterocycles. The maximum Gasteiger partial charge on any atom is 0.263 e. The van der Waals surface area contributed by atoms with Crippen LogP contribution in [0.2, 0.25) is 0 Å². The fourth-order valence-electron chi connectivity index (χ4n) is 3.28. The van der Waals surface area contributed by atoms with Crippen molar-refractivity contribution in [2.45, 2.75) is 23.8 Å². The molecule has 1 amide bonds. The number of anilines is 2. The summed E-state index contributed by atoms with van der Waals surface area (Å²) in [4.78, 5) is 18.7. The number of nitrogens with zero attached hydrogens (tertiary/aromatic N) is 2. The summed E-state index contributed by atoms with van der Waals surface area (Å²) in [5.74, 6) is -0.0847. The monoisotopic (exact) mass is 326 g/mol. The quantitative estimate of drug-likeness (QED) is 0.828. The number of nitrogens with two attached hydrogens (primary N) is 1. The number of nitrogen functional groups attached to an aromatic ring is 1. The minimum Gasteiger partial charge on any atom is -0.396 e.